The molecule has 2 N–H and O–H groups in total. The fourth-order valence-electron chi connectivity index (χ4n) is 2.37. The maximum absolute atomic E-state index is 11.1. The highest BCUT2D eigenvalue weighted by Gasteiger charge is 2.26. The van der Waals surface area contributed by atoms with Crippen molar-refractivity contribution >= 4 is 17.5 Å². The molecule has 0 amide bonds. The predicted molar refractivity (Wildman–Crippen MR) is 94.0 cm³/mol. The van der Waals surface area contributed by atoms with Gasteiger partial charge in [-0.25, -0.2) is 15.0 Å². The van der Waals surface area contributed by atoms with Crippen LogP contribution in [0.4, 0.5) is 17.5 Å². The second kappa shape index (κ2) is 6.75. The van der Waals surface area contributed by atoms with Gasteiger partial charge in [-0.1, -0.05) is 6.07 Å². The van der Waals surface area contributed by atoms with E-state index in [1.807, 2.05) is 22.9 Å². The first-order valence-corrected chi connectivity index (χ1v) is 8.14. The average molecular weight is 352 g/mol. The lowest BCUT2D eigenvalue weighted by molar-refractivity contribution is -0.384. The van der Waals surface area contributed by atoms with Gasteiger partial charge in [0, 0.05) is 31.2 Å². The van der Waals surface area contributed by atoms with Crippen LogP contribution >= 0.6 is 0 Å². The standard InChI is InChI=1S/C16H16N8O2/c25-24(26)13-9-20-16(22-15(13)21-12-2-3-12)19-8-11-1-4-14(18-7-11)23-6-5-17-10-23/h1,4-7,9-10,12H,2-3,8H2,(H2,19,20,21,22). The van der Waals surface area contributed by atoms with Gasteiger partial charge in [-0.3, -0.25) is 14.7 Å². The van der Waals surface area contributed by atoms with E-state index in [1.165, 1.54) is 6.20 Å². The molecule has 0 aromatic carbocycles. The number of rotatable bonds is 7. The number of hydrogen-bond donors (Lipinski definition) is 2. The van der Waals surface area contributed by atoms with Crippen molar-refractivity contribution in [3.63, 3.8) is 0 Å². The van der Waals surface area contributed by atoms with Crippen molar-refractivity contribution in [2.45, 2.75) is 25.4 Å². The lowest BCUT2D eigenvalue weighted by Gasteiger charge is -2.09. The minimum atomic E-state index is -0.479. The molecule has 0 radical (unpaired) electrons. The normalized spacial score (nSPS) is 13.4. The summed E-state index contributed by atoms with van der Waals surface area (Å²) < 4.78 is 1.81. The largest absolute Gasteiger partial charge is 0.361 e. The average Bonchev–Trinajstić information content (AvgIpc) is 3.29. The smallest absolute Gasteiger partial charge is 0.329 e. The fourth-order valence-corrected chi connectivity index (χ4v) is 2.37. The zero-order chi connectivity index (χ0) is 17.9. The number of imidazole rings is 1. The van der Waals surface area contributed by atoms with Crippen LogP contribution in [0, 0.1) is 10.1 Å². The summed E-state index contributed by atoms with van der Waals surface area (Å²) in [5.41, 5.74) is 0.821. The van der Waals surface area contributed by atoms with Crippen LogP contribution in [0.2, 0.25) is 0 Å². The van der Waals surface area contributed by atoms with Crippen molar-refractivity contribution in [1.82, 2.24) is 24.5 Å². The van der Waals surface area contributed by atoms with Crippen molar-refractivity contribution < 1.29 is 4.92 Å². The van der Waals surface area contributed by atoms with Gasteiger partial charge in [-0.05, 0) is 24.5 Å². The molecule has 0 unspecified atom stereocenters. The van der Waals surface area contributed by atoms with E-state index in [0.29, 0.717) is 12.5 Å². The zero-order valence-electron chi connectivity index (χ0n) is 13.7. The van der Waals surface area contributed by atoms with Gasteiger partial charge in [0.25, 0.3) is 0 Å². The first kappa shape index (κ1) is 15.9. The van der Waals surface area contributed by atoms with E-state index in [4.69, 9.17) is 0 Å². The summed E-state index contributed by atoms with van der Waals surface area (Å²) in [6, 6.07) is 4.08. The summed E-state index contributed by atoms with van der Waals surface area (Å²) in [6.45, 7) is 0.456. The lowest BCUT2D eigenvalue weighted by Crippen LogP contribution is -2.10. The molecule has 0 spiro atoms. The van der Waals surface area contributed by atoms with Crippen molar-refractivity contribution in [3.8, 4) is 5.82 Å². The van der Waals surface area contributed by atoms with Crippen LogP contribution in [0.5, 0.6) is 0 Å². The van der Waals surface area contributed by atoms with Crippen molar-refractivity contribution in [2.24, 2.45) is 0 Å². The Kier molecular flexibility index (Phi) is 4.14. The Morgan fingerprint density at radius 1 is 1.27 bits per heavy atom. The molecule has 3 aromatic heterocycles. The third kappa shape index (κ3) is 3.58. The first-order chi connectivity index (χ1) is 12.7. The number of nitro groups is 1. The molecule has 4 rings (SSSR count). The molecule has 3 aromatic rings. The molecule has 0 saturated heterocycles. The molecule has 132 valence electrons. The molecular weight excluding hydrogens is 336 g/mol. The monoisotopic (exact) mass is 352 g/mol. The van der Waals surface area contributed by atoms with Gasteiger partial charge in [-0.15, -0.1) is 0 Å². The summed E-state index contributed by atoms with van der Waals surface area (Å²) in [6.07, 6.45) is 10.2. The SMILES string of the molecule is O=[N+]([O-])c1cnc(NCc2ccc(-n3ccnc3)nc2)nc1NC1CC1. The van der Waals surface area contributed by atoms with Crippen LogP contribution in [0.1, 0.15) is 18.4 Å². The Balaban J connectivity index is 1.44. The minimum Gasteiger partial charge on any atom is -0.361 e. The van der Waals surface area contributed by atoms with Crippen LogP contribution in [0.15, 0.2) is 43.2 Å². The maximum Gasteiger partial charge on any atom is 0.329 e. The molecule has 1 aliphatic rings. The van der Waals surface area contributed by atoms with Crippen LogP contribution in [0.25, 0.3) is 5.82 Å². The predicted octanol–water partition coefficient (Wildman–Crippen LogP) is 2.15. The van der Waals surface area contributed by atoms with Gasteiger partial charge in [0.1, 0.15) is 18.3 Å². The molecule has 1 saturated carbocycles. The fraction of sp³-hybridized carbons (Fsp3) is 0.250. The quantitative estimate of drug-likeness (QED) is 0.490. The Hall–Kier alpha value is -3.56. The van der Waals surface area contributed by atoms with Crippen molar-refractivity contribution in [1.29, 1.82) is 0 Å². The van der Waals surface area contributed by atoms with Gasteiger partial charge in [0.15, 0.2) is 0 Å². The summed E-state index contributed by atoms with van der Waals surface area (Å²) in [7, 11) is 0. The molecule has 10 heteroatoms. The van der Waals surface area contributed by atoms with Gasteiger partial charge < -0.3 is 10.6 Å². The molecule has 0 bridgehead atoms. The van der Waals surface area contributed by atoms with Crippen LogP contribution < -0.4 is 10.6 Å². The molecule has 3 heterocycles. The lowest BCUT2D eigenvalue weighted by atomic mass is 10.3. The van der Waals surface area contributed by atoms with E-state index in [0.717, 1.165) is 24.2 Å². The van der Waals surface area contributed by atoms with E-state index < -0.39 is 4.92 Å². The highest BCUT2D eigenvalue weighted by atomic mass is 16.6. The molecule has 0 atom stereocenters. The number of aromatic nitrogens is 5. The molecule has 26 heavy (non-hydrogen) atoms. The van der Waals surface area contributed by atoms with E-state index in [-0.39, 0.29) is 17.5 Å². The Labute approximate surface area is 148 Å². The third-order valence-electron chi connectivity index (χ3n) is 3.91. The molecule has 1 fully saturated rings. The van der Waals surface area contributed by atoms with E-state index in [9.17, 15) is 10.1 Å². The molecule has 10 nitrogen and oxygen atoms in total. The van der Waals surface area contributed by atoms with Gasteiger partial charge in [0.05, 0.1) is 4.92 Å². The second-order valence-corrected chi connectivity index (χ2v) is 5.95. The van der Waals surface area contributed by atoms with E-state index in [1.54, 1.807) is 18.7 Å². The van der Waals surface area contributed by atoms with E-state index in [2.05, 4.69) is 30.6 Å². The number of nitrogens with zero attached hydrogens (tertiary/aromatic N) is 6. The Bertz CT molecular complexity index is 907. The topological polar surface area (TPSA) is 124 Å². The van der Waals surface area contributed by atoms with E-state index >= 15 is 0 Å². The van der Waals surface area contributed by atoms with Gasteiger partial charge in [-0.2, -0.15) is 4.98 Å². The van der Waals surface area contributed by atoms with Crippen LogP contribution in [-0.2, 0) is 6.54 Å². The Morgan fingerprint density at radius 3 is 2.81 bits per heavy atom. The number of hydrogen-bond acceptors (Lipinski definition) is 8. The Morgan fingerprint density at radius 2 is 2.15 bits per heavy atom. The summed E-state index contributed by atoms with van der Waals surface area (Å²) in [5.74, 6) is 1.36. The molecular formula is C16H16N8O2. The van der Waals surface area contributed by atoms with Crippen LogP contribution in [-0.4, -0.2) is 35.5 Å². The second-order valence-electron chi connectivity index (χ2n) is 5.95. The highest BCUT2D eigenvalue weighted by Crippen LogP contribution is 2.29. The maximum atomic E-state index is 11.1. The molecule has 0 aliphatic heterocycles. The van der Waals surface area contributed by atoms with Gasteiger partial charge in [0.2, 0.25) is 11.8 Å². The zero-order valence-corrected chi connectivity index (χ0v) is 13.7. The highest BCUT2D eigenvalue weighted by molar-refractivity contribution is 5.58. The summed E-state index contributed by atoms with van der Waals surface area (Å²) >= 11 is 0. The van der Waals surface area contributed by atoms with Crippen LogP contribution in [0.3, 0.4) is 0 Å². The molecule has 1 aliphatic carbocycles. The van der Waals surface area contributed by atoms with Gasteiger partial charge >= 0.3 is 5.69 Å². The minimum absolute atomic E-state index is 0.117. The number of nitrogens with one attached hydrogen (secondary N) is 2. The van der Waals surface area contributed by atoms with Crippen molar-refractivity contribution in [3.05, 3.63) is 58.9 Å². The third-order valence-corrected chi connectivity index (χ3v) is 3.91. The summed E-state index contributed by atoms with van der Waals surface area (Å²) in [5, 5.41) is 17.2. The first-order valence-electron chi connectivity index (χ1n) is 8.14. The van der Waals surface area contributed by atoms with Crippen molar-refractivity contribution in [2.75, 3.05) is 10.6 Å². The summed E-state index contributed by atoms with van der Waals surface area (Å²) in [4.78, 5) is 27.2. The number of anilines is 2. The number of pyridine rings is 1.